The third-order valence-electron chi connectivity index (χ3n) is 7.84. The second kappa shape index (κ2) is 11.0. The molecule has 1 aliphatic carbocycles. The standard InChI is InChI=1S/C26H39N3O4/c30-25(18-22-4-1-2-17-31-22)27-21-9-7-20(8-10-21)11-12-28-13-15-29(16-14-28)23-5-3-6-24-26(23)33-19-32-24/h3,5-6,20-22H,1-2,4,7-19H2,(H,27,30)/t20?,21?,22-/m1/s1. The number of anilines is 1. The zero-order valence-electron chi connectivity index (χ0n) is 19.8. The number of hydrogen-bond donors (Lipinski definition) is 1. The molecule has 1 aromatic carbocycles. The number of benzene rings is 1. The molecule has 4 aliphatic rings. The molecule has 0 bridgehead atoms. The molecule has 3 fully saturated rings. The normalized spacial score (nSPS) is 28.0. The van der Waals surface area contributed by atoms with Gasteiger partial charge in [0.2, 0.25) is 12.7 Å². The van der Waals surface area contributed by atoms with Crippen molar-refractivity contribution >= 4 is 11.6 Å². The van der Waals surface area contributed by atoms with E-state index in [1.165, 1.54) is 37.9 Å². The van der Waals surface area contributed by atoms with Gasteiger partial charge in [0.05, 0.1) is 18.2 Å². The molecule has 7 heteroatoms. The van der Waals surface area contributed by atoms with Crippen LogP contribution in [-0.4, -0.2) is 69.1 Å². The van der Waals surface area contributed by atoms with Crippen LogP contribution in [0.2, 0.25) is 0 Å². The quantitative estimate of drug-likeness (QED) is 0.676. The number of ether oxygens (including phenoxy) is 3. The molecule has 7 nitrogen and oxygen atoms in total. The Labute approximate surface area is 197 Å². The number of fused-ring (bicyclic) bond motifs is 1. The van der Waals surface area contributed by atoms with Gasteiger partial charge in [0, 0.05) is 38.8 Å². The highest BCUT2D eigenvalue weighted by Gasteiger charge is 2.27. The number of nitrogens with one attached hydrogen (secondary N) is 1. The van der Waals surface area contributed by atoms with E-state index in [1.54, 1.807) is 0 Å². The van der Waals surface area contributed by atoms with Gasteiger partial charge in [-0.1, -0.05) is 6.07 Å². The lowest BCUT2D eigenvalue weighted by Gasteiger charge is -2.37. The zero-order valence-corrected chi connectivity index (χ0v) is 19.8. The molecule has 0 spiro atoms. The van der Waals surface area contributed by atoms with Crippen molar-refractivity contribution in [1.29, 1.82) is 0 Å². The third-order valence-corrected chi connectivity index (χ3v) is 7.84. The predicted octanol–water partition coefficient (Wildman–Crippen LogP) is 3.56. The van der Waals surface area contributed by atoms with Crippen LogP contribution in [0, 0.1) is 5.92 Å². The third kappa shape index (κ3) is 5.93. The van der Waals surface area contributed by atoms with Crippen molar-refractivity contribution in [2.75, 3.05) is 51.0 Å². The fraction of sp³-hybridized carbons (Fsp3) is 0.731. The Kier molecular flexibility index (Phi) is 7.57. The number of amides is 1. The maximum atomic E-state index is 12.4. The fourth-order valence-corrected chi connectivity index (χ4v) is 5.80. The van der Waals surface area contributed by atoms with Crippen LogP contribution in [0.1, 0.15) is 57.8 Å². The SMILES string of the molecule is O=C(C[C@H]1CCCCO1)NC1CCC(CCN2CCN(c3cccc4c3OCO4)CC2)CC1. The smallest absolute Gasteiger partial charge is 0.231 e. The minimum atomic E-state index is 0.138. The van der Waals surface area contributed by atoms with Crippen LogP contribution in [0.25, 0.3) is 0 Å². The largest absolute Gasteiger partial charge is 0.454 e. The fourth-order valence-electron chi connectivity index (χ4n) is 5.80. The highest BCUT2D eigenvalue weighted by molar-refractivity contribution is 5.76. The van der Waals surface area contributed by atoms with Crippen LogP contribution in [0.5, 0.6) is 11.5 Å². The maximum Gasteiger partial charge on any atom is 0.231 e. The Morgan fingerprint density at radius 3 is 2.64 bits per heavy atom. The molecule has 1 aromatic rings. The Balaban J connectivity index is 0.980. The van der Waals surface area contributed by atoms with E-state index in [4.69, 9.17) is 14.2 Å². The molecular formula is C26H39N3O4. The zero-order chi connectivity index (χ0) is 22.5. The molecule has 5 rings (SSSR count). The molecule has 0 radical (unpaired) electrons. The predicted molar refractivity (Wildman–Crippen MR) is 128 cm³/mol. The molecule has 33 heavy (non-hydrogen) atoms. The number of para-hydroxylation sites is 1. The Morgan fingerprint density at radius 1 is 1.00 bits per heavy atom. The van der Waals surface area contributed by atoms with E-state index in [-0.39, 0.29) is 12.0 Å². The van der Waals surface area contributed by atoms with E-state index >= 15 is 0 Å². The molecule has 0 unspecified atom stereocenters. The molecular weight excluding hydrogens is 418 g/mol. The molecule has 0 aromatic heterocycles. The summed E-state index contributed by atoms with van der Waals surface area (Å²) in [5.41, 5.74) is 1.17. The van der Waals surface area contributed by atoms with Gasteiger partial charge in [-0.15, -0.1) is 0 Å². The summed E-state index contributed by atoms with van der Waals surface area (Å²) in [6.45, 7) is 6.58. The van der Waals surface area contributed by atoms with E-state index in [9.17, 15) is 4.79 Å². The summed E-state index contributed by atoms with van der Waals surface area (Å²) in [6.07, 6.45) is 10.0. The number of carbonyl (C=O) groups excluding carboxylic acids is 1. The number of nitrogens with zero attached hydrogens (tertiary/aromatic N) is 2. The van der Waals surface area contributed by atoms with Gasteiger partial charge < -0.3 is 24.4 Å². The average molecular weight is 458 g/mol. The average Bonchev–Trinajstić information content (AvgIpc) is 3.34. The minimum absolute atomic E-state index is 0.138. The molecule has 1 amide bonds. The van der Waals surface area contributed by atoms with Crippen LogP contribution in [-0.2, 0) is 9.53 Å². The van der Waals surface area contributed by atoms with Crippen LogP contribution in [0.4, 0.5) is 5.69 Å². The van der Waals surface area contributed by atoms with Gasteiger partial charge in [-0.3, -0.25) is 9.69 Å². The summed E-state index contributed by atoms with van der Waals surface area (Å²) in [5, 5.41) is 3.28. The van der Waals surface area contributed by atoms with Gasteiger partial charge in [0.1, 0.15) is 0 Å². The molecule has 3 aliphatic heterocycles. The van der Waals surface area contributed by atoms with Crippen molar-refractivity contribution in [3.05, 3.63) is 18.2 Å². The van der Waals surface area contributed by atoms with Gasteiger partial charge in [-0.2, -0.15) is 0 Å². The van der Waals surface area contributed by atoms with E-state index in [2.05, 4.69) is 27.2 Å². The molecule has 2 saturated heterocycles. The highest BCUT2D eigenvalue weighted by atomic mass is 16.7. The van der Waals surface area contributed by atoms with Gasteiger partial charge in [-0.05, 0) is 76.0 Å². The first-order chi connectivity index (χ1) is 16.2. The topological polar surface area (TPSA) is 63.3 Å². The molecule has 3 heterocycles. The van der Waals surface area contributed by atoms with E-state index in [0.717, 1.165) is 75.9 Å². The van der Waals surface area contributed by atoms with Gasteiger partial charge in [-0.25, -0.2) is 0 Å². The molecule has 1 saturated carbocycles. The van der Waals surface area contributed by atoms with Crippen molar-refractivity contribution in [3.63, 3.8) is 0 Å². The van der Waals surface area contributed by atoms with Crippen molar-refractivity contribution in [3.8, 4) is 11.5 Å². The summed E-state index contributed by atoms with van der Waals surface area (Å²) in [6, 6.07) is 6.54. The minimum Gasteiger partial charge on any atom is -0.454 e. The van der Waals surface area contributed by atoms with E-state index in [0.29, 0.717) is 19.3 Å². The van der Waals surface area contributed by atoms with Crippen LogP contribution >= 0.6 is 0 Å². The van der Waals surface area contributed by atoms with Gasteiger partial charge in [0.15, 0.2) is 11.5 Å². The van der Waals surface area contributed by atoms with Crippen LogP contribution in [0.15, 0.2) is 18.2 Å². The Hall–Kier alpha value is -1.99. The second-order valence-corrected chi connectivity index (χ2v) is 10.1. The number of piperazine rings is 1. The molecule has 1 N–H and O–H groups in total. The summed E-state index contributed by atoms with van der Waals surface area (Å²) in [4.78, 5) is 17.4. The van der Waals surface area contributed by atoms with E-state index < -0.39 is 0 Å². The lowest BCUT2D eigenvalue weighted by molar-refractivity contribution is -0.125. The van der Waals surface area contributed by atoms with Gasteiger partial charge in [0.25, 0.3) is 0 Å². The first-order valence-corrected chi connectivity index (χ1v) is 13.0. The number of rotatable bonds is 7. The van der Waals surface area contributed by atoms with Gasteiger partial charge >= 0.3 is 0 Å². The summed E-state index contributed by atoms with van der Waals surface area (Å²) < 4.78 is 16.9. The van der Waals surface area contributed by atoms with Crippen LogP contribution in [0.3, 0.4) is 0 Å². The lowest BCUT2D eigenvalue weighted by atomic mass is 9.84. The summed E-state index contributed by atoms with van der Waals surface area (Å²) in [7, 11) is 0. The first-order valence-electron chi connectivity index (χ1n) is 13.0. The first kappa shape index (κ1) is 22.8. The Bertz CT molecular complexity index is 782. The van der Waals surface area contributed by atoms with Crippen molar-refractivity contribution in [1.82, 2.24) is 10.2 Å². The van der Waals surface area contributed by atoms with Crippen LogP contribution < -0.4 is 19.7 Å². The number of hydrogen-bond acceptors (Lipinski definition) is 6. The monoisotopic (exact) mass is 457 g/mol. The molecule has 1 atom stereocenters. The summed E-state index contributed by atoms with van der Waals surface area (Å²) in [5.74, 6) is 2.75. The van der Waals surface area contributed by atoms with Crippen molar-refractivity contribution < 1.29 is 19.0 Å². The highest BCUT2D eigenvalue weighted by Crippen LogP contribution is 2.41. The second-order valence-electron chi connectivity index (χ2n) is 10.1. The lowest BCUT2D eigenvalue weighted by Crippen LogP contribution is -2.47. The van der Waals surface area contributed by atoms with Crippen molar-refractivity contribution in [2.24, 2.45) is 5.92 Å². The van der Waals surface area contributed by atoms with E-state index in [1.807, 2.05) is 6.07 Å². The Morgan fingerprint density at radius 2 is 1.85 bits per heavy atom. The molecule has 182 valence electrons. The maximum absolute atomic E-state index is 12.4. The summed E-state index contributed by atoms with van der Waals surface area (Å²) >= 11 is 0. The number of carbonyl (C=O) groups is 1. The van der Waals surface area contributed by atoms with Crippen molar-refractivity contribution in [2.45, 2.75) is 69.9 Å².